The summed E-state index contributed by atoms with van der Waals surface area (Å²) in [5, 5.41) is 11.8. The Morgan fingerprint density at radius 3 is 2.29 bits per heavy atom. The minimum absolute atomic E-state index is 0.0424. The second-order valence-corrected chi connectivity index (χ2v) is 6.76. The molecule has 2 saturated heterocycles. The number of aromatic carboxylic acids is 1. The van der Waals surface area contributed by atoms with Crippen LogP contribution >= 0.6 is 0 Å². The normalized spacial score (nSPS) is 19.9. The average Bonchev–Trinajstić information content (AvgIpc) is 2.61. The van der Waals surface area contributed by atoms with Crippen LogP contribution in [-0.4, -0.2) is 48.3 Å². The van der Waals surface area contributed by atoms with E-state index in [4.69, 9.17) is 9.84 Å². The van der Waals surface area contributed by atoms with Gasteiger partial charge in [0.25, 0.3) is 0 Å². The second-order valence-electron chi connectivity index (χ2n) is 6.76. The van der Waals surface area contributed by atoms with Crippen LogP contribution in [-0.2, 0) is 11.3 Å². The molecule has 6 heteroatoms. The van der Waals surface area contributed by atoms with E-state index < -0.39 is 5.97 Å². The number of likely N-dealkylation sites (tertiary alicyclic amines) is 1. The Labute approximate surface area is 141 Å². The van der Waals surface area contributed by atoms with Crippen LogP contribution in [0.3, 0.4) is 0 Å². The predicted octanol–water partition coefficient (Wildman–Crippen LogP) is 2.49. The van der Waals surface area contributed by atoms with Gasteiger partial charge in [-0.2, -0.15) is 0 Å². The number of amides is 2. The van der Waals surface area contributed by atoms with Gasteiger partial charge in [-0.3, -0.25) is 0 Å². The van der Waals surface area contributed by atoms with Crippen LogP contribution in [0.4, 0.5) is 4.79 Å². The van der Waals surface area contributed by atoms with E-state index in [-0.39, 0.29) is 11.6 Å². The summed E-state index contributed by atoms with van der Waals surface area (Å²) in [6.07, 6.45) is 4.32. The van der Waals surface area contributed by atoms with Gasteiger partial charge in [-0.05, 0) is 48.8 Å². The number of hydrogen-bond donors (Lipinski definition) is 2. The van der Waals surface area contributed by atoms with Crippen molar-refractivity contribution in [1.82, 2.24) is 10.2 Å². The van der Waals surface area contributed by atoms with Gasteiger partial charge < -0.3 is 20.1 Å². The summed E-state index contributed by atoms with van der Waals surface area (Å²) in [5.41, 5.74) is 1.52. The number of nitrogens with zero attached hydrogens (tertiary/aromatic N) is 1. The maximum Gasteiger partial charge on any atom is 0.335 e. The van der Waals surface area contributed by atoms with Crippen molar-refractivity contribution in [3.8, 4) is 0 Å². The molecule has 130 valence electrons. The molecule has 24 heavy (non-hydrogen) atoms. The molecule has 0 aromatic heterocycles. The topological polar surface area (TPSA) is 78.9 Å². The summed E-state index contributed by atoms with van der Waals surface area (Å²) in [6, 6.07) is 6.53. The number of carboxylic acids is 1. The first-order valence-corrected chi connectivity index (χ1v) is 8.51. The largest absolute Gasteiger partial charge is 0.478 e. The first-order chi connectivity index (χ1) is 11.6. The van der Waals surface area contributed by atoms with Crippen molar-refractivity contribution >= 4 is 12.0 Å². The highest BCUT2D eigenvalue weighted by atomic mass is 16.5. The van der Waals surface area contributed by atoms with Crippen LogP contribution in [0.2, 0.25) is 0 Å². The predicted molar refractivity (Wildman–Crippen MR) is 88.9 cm³/mol. The van der Waals surface area contributed by atoms with Gasteiger partial charge in [-0.15, -0.1) is 0 Å². The summed E-state index contributed by atoms with van der Waals surface area (Å²) in [7, 11) is 0. The van der Waals surface area contributed by atoms with Crippen LogP contribution in [0, 0.1) is 5.41 Å². The zero-order valence-corrected chi connectivity index (χ0v) is 13.8. The van der Waals surface area contributed by atoms with E-state index in [2.05, 4.69) is 5.32 Å². The highest BCUT2D eigenvalue weighted by Gasteiger charge is 2.37. The van der Waals surface area contributed by atoms with Gasteiger partial charge in [0.2, 0.25) is 0 Å². The third-order valence-electron chi connectivity index (χ3n) is 5.31. The maximum absolute atomic E-state index is 12.3. The number of benzene rings is 1. The highest BCUT2D eigenvalue weighted by Crippen LogP contribution is 2.40. The Bertz CT molecular complexity index is 584. The molecule has 2 N–H and O–H groups in total. The molecule has 0 bridgehead atoms. The van der Waals surface area contributed by atoms with E-state index >= 15 is 0 Å². The quantitative estimate of drug-likeness (QED) is 0.891. The van der Waals surface area contributed by atoms with E-state index in [1.54, 1.807) is 24.3 Å². The van der Waals surface area contributed by atoms with E-state index in [9.17, 15) is 9.59 Å². The molecule has 3 rings (SSSR count). The summed E-state index contributed by atoms with van der Waals surface area (Å²) in [5.74, 6) is -0.944. The molecule has 2 aliphatic rings. The smallest absolute Gasteiger partial charge is 0.335 e. The molecule has 0 aliphatic carbocycles. The Hall–Kier alpha value is -2.08. The molecule has 2 fully saturated rings. The third-order valence-corrected chi connectivity index (χ3v) is 5.31. The number of carbonyl (C=O) groups is 2. The van der Waals surface area contributed by atoms with Gasteiger partial charge in [0.1, 0.15) is 0 Å². The fourth-order valence-corrected chi connectivity index (χ4v) is 3.54. The Balaban J connectivity index is 1.46. The molecule has 1 aromatic carbocycles. The van der Waals surface area contributed by atoms with Crippen molar-refractivity contribution in [2.75, 3.05) is 26.3 Å². The summed E-state index contributed by atoms with van der Waals surface area (Å²) in [6.45, 7) is 3.69. The average molecular weight is 332 g/mol. The standard InChI is InChI=1S/C18H24N2O4/c21-16(22)15-3-1-14(2-4-15)13-19-17(23)20-9-5-18(6-10-20)7-11-24-12-8-18/h1-4H,5-13H2,(H,19,23)(H,21,22). The van der Waals surface area contributed by atoms with Gasteiger partial charge in [0.15, 0.2) is 0 Å². The van der Waals surface area contributed by atoms with Crippen molar-refractivity contribution in [2.24, 2.45) is 5.41 Å². The lowest BCUT2D eigenvalue weighted by atomic mass is 9.72. The van der Waals surface area contributed by atoms with Crippen molar-refractivity contribution in [2.45, 2.75) is 32.2 Å². The van der Waals surface area contributed by atoms with Gasteiger partial charge >= 0.3 is 12.0 Å². The van der Waals surface area contributed by atoms with Crippen LogP contribution in [0.15, 0.2) is 24.3 Å². The lowest BCUT2D eigenvalue weighted by molar-refractivity contribution is -0.0145. The molecule has 2 aliphatic heterocycles. The van der Waals surface area contributed by atoms with Crippen molar-refractivity contribution < 1.29 is 19.4 Å². The maximum atomic E-state index is 12.3. The van der Waals surface area contributed by atoms with E-state index in [1.165, 1.54) is 0 Å². The SMILES string of the molecule is O=C(O)c1ccc(CNC(=O)N2CCC3(CCOCC3)CC2)cc1. The van der Waals surface area contributed by atoms with Gasteiger partial charge in [0, 0.05) is 32.8 Å². The molecule has 0 radical (unpaired) electrons. The molecule has 0 unspecified atom stereocenters. The monoisotopic (exact) mass is 332 g/mol. The zero-order chi connectivity index (χ0) is 17.0. The van der Waals surface area contributed by atoms with Crippen molar-refractivity contribution in [1.29, 1.82) is 0 Å². The molecule has 2 heterocycles. The number of rotatable bonds is 3. The minimum atomic E-state index is -0.944. The van der Waals surface area contributed by atoms with Crippen molar-refractivity contribution in [3.63, 3.8) is 0 Å². The van der Waals surface area contributed by atoms with Crippen LogP contribution in [0.5, 0.6) is 0 Å². The van der Waals surface area contributed by atoms with Crippen LogP contribution in [0.25, 0.3) is 0 Å². The Morgan fingerprint density at radius 2 is 1.71 bits per heavy atom. The number of carbonyl (C=O) groups excluding carboxylic acids is 1. The van der Waals surface area contributed by atoms with E-state index in [0.29, 0.717) is 12.0 Å². The Morgan fingerprint density at radius 1 is 1.08 bits per heavy atom. The molecule has 0 saturated carbocycles. The number of urea groups is 1. The first-order valence-electron chi connectivity index (χ1n) is 8.51. The van der Waals surface area contributed by atoms with Gasteiger partial charge in [-0.1, -0.05) is 12.1 Å². The highest BCUT2D eigenvalue weighted by molar-refractivity contribution is 5.87. The molecular weight excluding hydrogens is 308 g/mol. The number of nitrogens with one attached hydrogen (secondary N) is 1. The van der Waals surface area contributed by atoms with Gasteiger partial charge in [0.05, 0.1) is 5.56 Å². The van der Waals surface area contributed by atoms with E-state index in [1.807, 2.05) is 4.90 Å². The lowest BCUT2D eigenvalue weighted by Crippen LogP contribution is -2.48. The number of hydrogen-bond acceptors (Lipinski definition) is 3. The first kappa shape index (κ1) is 16.8. The summed E-state index contributed by atoms with van der Waals surface area (Å²) < 4.78 is 5.45. The number of carboxylic acid groups (broad SMARTS) is 1. The van der Waals surface area contributed by atoms with Crippen LogP contribution < -0.4 is 5.32 Å². The van der Waals surface area contributed by atoms with E-state index in [0.717, 1.165) is 57.6 Å². The fraction of sp³-hybridized carbons (Fsp3) is 0.556. The molecule has 0 atom stereocenters. The second kappa shape index (κ2) is 7.21. The molecular formula is C18H24N2O4. The van der Waals surface area contributed by atoms with Gasteiger partial charge in [-0.25, -0.2) is 9.59 Å². The number of piperidine rings is 1. The van der Waals surface area contributed by atoms with Crippen molar-refractivity contribution in [3.05, 3.63) is 35.4 Å². The fourth-order valence-electron chi connectivity index (χ4n) is 3.54. The number of ether oxygens (including phenoxy) is 1. The minimum Gasteiger partial charge on any atom is -0.478 e. The Kier molecular flexibility index (Phi) is 5.04. The summed E-state index contributed by atoms with van der Waals surface area (Å²) in [4.78, 5) is 25.0. The summed E-state index contributed by atoms with van der Waals surface area (Å²) >= 11 is 0. The zero-order valence-electron chi connectivity index (χ0n) is 13.8. The third kappa shape index (κ3) is 3.87. The molecule has 1 spiro atoms. The lowest BCUT2D eigenvalue weighted by Gasteiger charge is -2.44. The molecule has 6 nitrogen and oxygen atoms in total. The van der Waals surface area contributed by atoms with Crippen LogP contribution in [0.1, 0.15) is 41.6 Å². The molecule has 2 amide bonds. The molecule has 1 aromatic rings.